The molecule has 1 heterocycles. The van der Waals surface area contributed by atoms with E-state index in [1.807, 2.05) is 61.5 Å². The Balaban J connectivity index is 0.000000745. The Labute approximate surface area is 237 Å². The summed E-state index contributed by atoms with van der Waals surface area (Å²) in [5, 5.41) is 16.7. The molecular formula is C29H36F3N5O4. The summed E-state index contributed by atoms with van der Waals surface area (Å²) in [4.78, 5) is 30.9. The third kappa shape index (κ3) is 13.5. The fourth-order valence-corrected chi connectivity index (χ4v) is 3.55. The SMILES string of the molecule is Cc1cc(N[C@@H](CC(C)C)C(=O)NCCOc2ccccc2)nc(NCCc2ccccc2)n1.O=C(O)C(F)(F)F. The van der Waals surface area contributed by atoms with E-state index in [1.54, 1.807) is 0 Å². The van der Waals surface area contributed by atoms with Gasteiger partial charge in [-0.2, -0.15) is 18.2 Å². The first-order chi connectivity index (χ1) is 19.4. The van der Waals surface area contributed by atoms with Crippen LogP contribution in [0.2, 0.25) is 0 Å². The third-order valence-electron chi connectivity index (χ3n) is 5.40. The molecule has 2 aromatic carbocycles. The predicted molar refractivity (Wildman–Crippen MR) is 151 cm³/mol. The van der Waals surface area contributed by atoms with Crippen LogP contribution in [-0.4, -0.2) is 58.9 Å². The minimum absolute atomic E-state index is 0.0692. The molecule has 3 rings (SSSR count). The van der Waals surface area contributed by atoms with E-state index in [9.17, 15) is 18.0 Å². The van der Waals surface area contributed by atoms with Crippen LogP contribution in [0.25, 0.3) is 0 Å². The number of nitrogens with one attached hydrogen (secondary N) is 3. The smallest absolute Gasteiger partial charge is 0.490 e. The first-order valence-corrected chi connectivity index (χ1v) is 13.1. The number of aromatic nitrogens is 2. The molecule has 0 aliphatic rings. The molecule has 0 saturated heterocycles. The van der Waals surface area contributed by atoms with Crippen LogP contribution in [0.5, 0.6) is 5.75 Å². The molecule has 0 saturated carbocycles. The van der Waals surface area contributed by atoms with E-state index in [4.69, 9.17) is 14.6 Å². The summed E-state index contributed by atoms with van der Waals surface area (Å²) in [5.41, 5.74) is 2.09. The second kappa shape index (κ2) is 16.7. The number of anilines is 2. The number of hydrogen-bond acceptors (Lipinski definition) is 7. The summed E-state index contributed by atoms with van der Waals surface area (Å²) in [6.45, 7) is 7.69. The quantitative estimate of drug-likeness (QED) is 0.208. The lowest BCUT2D eigenvalue weighted by Gasteiger charge is -2.21. The topological polar surface area (TPSA) is 125 Å². The predicted octanol–water partition coefficient (Wildman–Crippen LogP) is 5.09. The largest absolute Gasteiger partial charge is 0.492 e. The molecule has 0 unspecified atom stereocenters. The number of alkyl halides is 3. The third-order valence-corrected chi connectivity index (χ3v) is 5.40. The van der Waals surface area contributed by atoms with Crippen molar-refractivity contribution in [2.45, 2.75) is 45.8 Å². The van der Waals surface area contributed by atoms with E-state index in [-0.39, 0.29) is 5.91 Å². The number of para-hydroxylation sites is 1. The fourth-order valence-electron chi connectivity index (χ4n) is 3.55. The van der Waals surface area contributed by atoms with Crippen LogP contribution in [0.3, 0.4) is 0 Å². The highest BCUT2D eigenvalue weighted by atomic mass is 19.4. The Morgan fingerprint density at radius 1 is 0.976 bits per heavy atom. The molecular weight excluding hydrogens is 539 g/mol. The second-order valence-corrected chi connectivity index (χ2v) is 9.46. The standard InChI is InChI=1S/C27H35N5O2.C2HF3O2/c1-20(2)18-24(26(33)28-16-17-34-23-12-8-5-9-13-23)31-25-19-21(3)30-27(32-25)29-15-14-22-10-6-4-7-11-22;3-2(4,5)1(6)7/h4-13,19-20,24H,14-18H2,1-3H3,(H,28,33)(H2,29,30,31,32);(H,6,7)/t24-;/m0./s1. The number of carboxylic acid groups (broad SMARTS) is 1. The van der Waals surface area contributed by atoms with Gasteiger partial charge in [-0.1, -0.05) is 62.4 Å². The maximum Gasteiger partial charge on any atom is 0.490 e. The molecule has 1 amide bonds. The molecule has 3 aromatic rings. The summed E-state index contributed by atoms with van der Waals surface area (Å²) in [5.74, 6) is -0.505. The summed E-state index contributed by atoms with van der Waals surface area (Å²) in [6, 6.07) is 21.3. The van der Waals surface area contributed by atoms with E-state index in [1.165, 1.54) is 5.56 Å². The molecule has 1 aromatic heterocycles. The Morgan fingerprint density at radius 3 is 2.17 bits per heavy atom. The number of aryl methyl sites for hydroxylation is 1. The monoisotopic (exact) mass is 575 g/mol. The number of ether oxygens (including phenoxy) is 1. The van der Waals surface area contributed by atoms with Crippen LogP contribution in [-0.2, 0) is 16.0 Å². The number of aliphatic carboxylic acids is 1. The van der Waals surface area contributed by atoms with Gasteiger partial charge in [0.1, 0.15) is 24.2 Å². The molecule has 0 bridgehead atoms. The van der Waals surface area contributed by atoms with Gasteiger partial charge in [-0.05, 0) is 43.4 Å². The van der Waals surface area contributed by atoms with Crippen molar-refractivity contribution >= 4 is 23.6 Å². The van der Waals surface area contributed by atoms with Gasteiger partial charge < -0.3 is 25.8 Å². The van der Waals surface area contributed by atoms with Crippen molar-refractivity contribution in [1.29, 1.82) is 0 Å². The highest BCUT2D eigenvalue weighted by molar-refractivity contribution is 5.84. The molecule has 222 valence electrons. The number of hydrogen-bond donors (Lipinski definition) is 4. The summed E-state index contributed by atoms with van der Waals surface area (Å²) < 4.78 is 37.4. The van der Waals surface area contributed by atoms with Gasteiger partial charge in [-0.25, -0.2) is 9.78 Å². The maximum atomic E-state index is 12.9. The van der Waals surface area contributed by atoms with Crippen molar-refractivity contribution in [1.82, 2.24) is 15.3 Å². The van der Waals surface area contributed by atoms with Crippen molar-refractivity contribution in [3.63, 3.8) is 0 Å². The summed E-state index contributed by atoms with van der Waals surface area (Å²) in [6.07, 6.45) is -3.52. The number of carboxylic acids is 1. The van der Waals surface area contributed by atoms with Crippen molar-refractivity contribution in [3.8, 4) is 5.75 Å². The van der Waals surface area contributed by atoms with E-state index >= 15 is 0 Å². The molecule has 4 N–H and O–H groups in total. The van der Waals surface area contributed by atoms with Crippen LogP contribution in [0, 0.1) is 12.8 Å². The van der Waals surface area contributed by atoms with Crippen LogP contribution in [0.4, 0.5) is 24.9 Å². The Kier molecular flexibility index (Phi) is 13.4. The minimum Gasteiger partial charge on any atom is -0.492 e. The lowest BCUT2D eigenvalue weighted by Crippen LogP contribution is -2.42. The van der Waals surface area contributed by atoms with Gasteiger partial charge >= 0.3 is 12.1 Å². The number of amides is 1. The average molecular weight is 576 g/mol. The lowest BCUT2D eigenvalue weighted by molar-refractivity contribution is -0.192. The van der Waals surface area contributed by atoms with Crippen LogP contribution in [0.1, 0.15) is 31.5 Å². The first kappa shape index (κ1) is 32.9. The number of benzene rings is 2. The van der Waals surface area contributed by atoms with Crippen molar-refractivity contribution in [3.05, 3.63) is 78.0 Å². The van der Waals surface area contributed by atoms with Gasteiger partial charge in [0.15, 0.2) is 0 Å². The Bertz CT molecular complexity index is 1210. The fraction of sp³-hybridized carbons (Fsp3) is 0.379. The lowest BCUT2D eigenvalue weighted by atomic mass is 10.0. The number of carbonyl (C=O) groups is 2. The van der Waals surface area contributed by atoms with E-state index < -0.39 is 18.2 Å². The zero-order valence-corrected chi connectivity index (χ0v) is 23.2. The number of nitrogens with zero attached hydrogens (tertiary/aromatic N) is 2. The Morgan fingerprint density at radius 2 is 1.59 bits per heavy atom. The highest BCUT2D eigenvalue weighted by Crippen LogP contribution is 2.15. The minimum atomic E-state index is -5.08. The molecule has 12 heteroatoms. The molecule has 0 spiro atoms. The maximum absolute atomic E-state index is 12.9. The van der Waals surface area contributed by atoms with Crippen LogP contribution in [0.15, 0.2) is 66.7 Å². The van der Waals surface area contributed by atoms with Crippen LogP contribution >= 0.6 is 0 Å². The normalized spacial score (nSPS) is 11.6. The number of carbonyl (C=O) groups excluding carboxylic acids is 1. The van der Waals surface area contributed by atoms with E-state index in [2.05, 4.69) is 51.9 Å². The van der Waals surface area contributed by atoms with Gasteiger partial charge in [0.2, 0.25) is 11.9 Å². The zero-order valence-electron chi connectivity index (χ0n) is 23.2. The van der Waals surface area contributed by atoms with E-state index in [0.717, 1.165) is 24.4 Å². The zero-order chi connectivity index (χ0) is 30.3. The first-order valence-electron chi connectivity index (χ1n) is 13.1. The van der Waals surface area contributed by atoms with Crippen molar-refractivity contribution < 1.29 is 32.6 Å². The van der Waals surface area contributed by atoms with Gasteiger partial charge in [0, 0.05) is 18.3 Å². The highest BCUT2D eigenvalue weighted by Gasteiger charge is 2.38. The molecule has 41 heavy (non-hydrogen) atoms. The van der Waals surface area contributed by atoms with Crippen molar-refractivity contribution in [2.75, 3.05) is 30.3 Å². The number of halogens is 3. The van der Waals surface area contributed by atoms with Gasteiger partial charge in [0.25, 0.3) is 0 Å². The Hall–Kier alpha value is -4.35. The van der Waals surface area contributed by atoms with Gasteiger partial charge in [-0.3, -0.25) is 4.79 Å². The molecule has 1 atom stereocenters. The molecule has 0 fully saturated rings. The average Bonchev–Trinajstić information content (AvgIpc) is 2.91. The molecule has 9 nitrogen and oxygen atoms in total. The summed E-state index contributed by atoms with van der Waals surface area (Å²) >= 11 is 0. The molecule has 0 aliphatic carbocycles. The second-order valence-electron chi connectivity index (χ2n) is 9.46. The van der Waals surface area contributed by atoms with Gasteiger partial charge in [0.05, 0.1) is 6.54 Å². The van der Waals surface area contributed by atoms with Crippen molar-refractivity contribution in [2.24, 2.45) is 5.92 Å². The summed E-state index contributed by atoms with van der Waals surface area (Å²) in [7, 11) is 0. The van der Waals surface area contributed by atoms with E-state index in [0.29, 0.717) is 37.3 Å². The molecule has 0 radical (unpaired) electrons. The van der Waals surface area contributed by atoms with Crippen LogP contribution < -0.4 is 20.7 Å². The van der Waals surface area contributed by atoms with Gasteiger partial charge in [-0.15, -0.1) is 0 Å². The molecule has 0 aliphatic heterocycles. The number of rotatable bonds is 13.